The fraction of sp³-hybridized carbons (Fsp3) is 0.394. The lowest BCUT2D eigenvalue weighted by atomic mass is 9.95. The van der Waals surface area contributed by atoms with Gasteiger partial charge in [-0.3, -0.25) is 13.9 Å². The topological polar surface area (TPSA) is 86.8 Å². The molecule has 230 valence electrons. The van der Waals surface area contributed by atoms with E-state index in [0.29, 0.717) is 33.3 Å². The molecular weight excluding hydrogens is 605 g/mol. The van der Waals surface area contributed by atoms with Crippen LogP contribution in [0.4, 0.5) is 5.69 Å². The van der Waals surface area contributed by atoms with E-state index in [9.17, 15) is 18.0 Å². The Morgan fingerprint density at radius 1 is 0.953 bits per heavy atom. The summed E-state index contributed by atoms with van der Waals surface area (Å²) in [5.41, 5.74) is 2.68. The van der Waals surface area contributed by atoms with Gasteiger partial charge in [-0.15, -0.1) is 0 Å². The SMILES string of the molecule is CCC(C(=O)NC1CCCCC1)N(Cc1ccc(Cl)cc1Cl)C(=O)CN(c1ccc(C)cc1C)S(=O)(=O)c1ccccc1. The largest absolute Gasteiger partial charge is 0.352 e. The molecular formula is C33H39Cl2N3O4S. The van der Waals surface area contributed by atoms with Gasteiger partial charge in [0.2, 0.25) is 11.8 Å². The van der Waals surface area contributed by atoms with Crippen molar-refractivity contribution in [3.63, 3.8) is 0 Å². The third kappa shape index (κ3) is 8.11. The maximum Gasteiger partial charge on any atom is 0.264 e. The number of amides is 2. The number of carbonyl (C=O) groups excluding carboxylic acids is 2. The molecule has 43 heavy (non-hydrogen) atoms. The summed E-state index contributed by atoms with van der Waals surface area (Å²) in [6.07, 6.45) is 5.38. The molecule has 1 aliphatic rings. The summed E-state index contributed by atoms with van der Waals surface area (Å²) in [6, 6.07) is 17.7. The van der Waals surface area contributed by atoms with Crippen molar-refractivity contribution < 1.29 is 18.0 Å². The molecule has 4 rings (SSSR count). The van der Waals surface area contributed by atoms with Crippen molar-refractivity contribution in [3.05, 3.63) is 93.5 Å². The van der Waals surface area contributed by atoms with Crippen molar-refractivity contribution in [2.45, 2.75) is 82.8 Å². The molecule has 0 bridgehead atoms. The highest BCUT2D eigenvalue weighted by molar-refractivity contribution is 7.92. The van der Waals surface area contributed by atoms with E-state index in [1.165, 1.54) is 17.0 Å². The fourth-order valence-electron chi connectivity index (χ4n) is 5.62. The van der Waals surface area contributed by atoms with Crippen molar-refractivity contribution in [2.75, 3.05) is 10.8 Å². The van der Waals surface area contributed by atoms with Crippen molar-refractivity contribution in [2.24, 2.45) is 0 Å². The molecule has 1 aliphatic carbocycles. The average molecular weight is 645 g/mol. The van der Waals surface area contributed by atoms with Crippen LogP contribution in [0.3, 0.4) is 0 Å². The number of nitrogens with one attached hydrogen (secondary N) is 1. The Balaban J connectivity index is 1.74. The number of anilines is 1. The molecule has 0 radical (unpaired) electrons. The summed E-state index contributed by atoms with van der Waals surface area (Å²) in [7, 11) is -4.14. The van der Waals surface area contributed by atoms with Crippen LogP contribution < -0.4 is 9.62 Å². The van der Waals surface area contributed by atoms with E-state index in [4.69, 9.17) is 23.2 Å². The molecule has 2 amide bonds. The van der Waals surface area contributed by atoms with Gasteiger partial charge in [-0.2, -0.15) is 0 Å². The molecule has 1 N–H and O–H groups in total. The van der Waals surface area contributed by atoms with Gasteiger partial charge in [0.25, 0.3) is 10.0 Å². The summed E-state index contributed by atoms with van der Waals surface area (Å²) in [4.78, 5) is 29.5. The maximum absolute atomic E-state index is 14.3. The molecule has 3 aromatic carbocycles. The van der Waals surface area contributed by atoms with Crippen molar-refractivity contribution >= 4 is 50.7 Å². The quantitative estimate of drug-likeness (QED) is 0.242. The lowest BCUT2D eigenvalue weighted by Crippen LogP contribution is -2.54. The summed E-state index contributed by atoms with van der Waals surface area (Å²) in [5, 5.41) is 3.96. The fourth-order valence-corrected chi connectivity index (χ4v) is 7.58. The molecule has 0 spiro atoms. The first-order valence-corrected chi connectivity index (χ1v) is 16.9. The Bertz CT molecular complexity index is 1540. The van der Waals surface area contributed by atoms with Crippen LogP contribution in [-0.4, -0.2) is 43.8 Å². The Kier molecular flexibility index (Phi) is 11.2. The summed E-state index contributed by atoms with van der Waals surface area (Å²) in [5.74, 6) is -0.770. The van der Waals surface area contributed by atoms with Gasteiger partial charge in [-0.1, -0.05) is 91.3 Å². The number of sulfonamides is 1. The van der Waals surface area contributed by atoms with Gasteiger partial charge in [0, 0.05) is 22.6 Å². The molecule has 1 fully saturated rings. The molecule has 1 atom stereocenters. The first kappa shape index (κ1) is 32.8. The molecule has 3 aromatic rings. The van der Waals surface area contributed by atoms with Crippen molar-refractivity contribution in [1.82, 2.24) is 10.2 Å². The van der Waals surface area contributed by atoms with Gasteiger partial charge < -0.3 is 10.2 Å². The van der Waals surface area contributed by atoms with E-state index < -0.39 is 28.5 Å². The van der Waals surface area contributed by atoms with Gasteiger partial charge in [0.05, 0.1) is 10.6 Å². The number of aryl methyl sites for hydroxylation is 2. The van der Waals surface area contributed by atoms with Crippen LogP contribution in [0.2, 0.25) is 10.0 Å². The lowest BCUT2D eigenvalue weighted by molar-refractivity contribution is -0.140. The molecule has 0 aromatic heterocycles. The van der Waals surface area contributed by atoms with Crippen LogP contribution >= 0.6 is 23.2 Å². The van der Waals surface area contributed by atoms with Gasteiger partial charge in [0.15, 0.2) is 0 Å². The zero-order valence-electron chi connectivity index (χ0n) is 24.9. The monoisotopic (exact) mass is 643 g/mol. The van der Waals surface area contributed by atoms with E-state index in [1.807, 2.05) is 32.9 Å². The minimum atomic E-state index is -4.14. The second kappa shape index (κ2) is 14.6. The summed E-state index contributed by atoms with van der Waals surface area (Å²) >= 11 is 12.7. The van der Waals surface area contributed by atoms with Crippen LogP contribution in [0.1, 0.15) is 62.1 Å². The Morgan fingerprint density at radius 2 is 1.65 bits per heavy atom. The molecule has 0 aliphatic heterocycles. The van der Waals surface area contributed by atoms with Crippen LogP contribution in [0, 0.1) is 13.8 Å². The van der Waals surface area contributed by atoms with Gasteiger partial charge in [-0.05, 0) is 74.6 Å². The lowest BCUT2D eigenvalue weighted by Gasteiger charge is -2.35. The van der Waals surface area contributed by atoms with Crippen LogP contribution in [0.25, 0.3) is 0 Å². The smallest absolute Gasteiger partial charge is 0.264 e. The predicted molar refractivity (Wildman–Crippen MR) is 173 cm³/mol. The molecule has 7 nitrogen and oxygen atoms in total. The Labute approximate surface area is 265 Å². The zero-order chi connectivity index (χ0) is 31.1. The molecule has 1 unspecified atom stereocenters. The third-order valence-electron chi connectivity index (χ3n) is 7.92. The summed E-state index contributed by atoms with van der Waals surface area (Å²) in [6.45, 7) is 5.10. The normalized spacial score (nSPS) is 14.6. The molecule has 0 saturated heterocycles. The number of hydrogen-bond donors (Lipinski definition) is 1. The first-order chi connectivity index (χ1) is 20.5. The Hall–Kier alpha value is -3.07. The van der Waals surface area contributed by atoms with Crippen LogP contribution in [0.5, 0.6) is 0 Å². The van der Waals surface area contributed by atoms with Crippen LogP contribution in [0.15, 0.2) is 71.6 Å². The molecule has 1 saturated carbocycles. The van der Waals surface area contributed by atoms with Crippen molar-refractivity contribution in [3.8, 4) is 0 Å². The van der Waals surface area contributed by atoms with E-state index >= 15 is 0 Å². The number of carbonyl (C=O) groups is 2. The second-order valence-electron chi connectivity index (χ2n) is 11.1. The number of benzene rings is 3. The molecule has 0 heterocycles. The predicted octanol–water partition coefficient (Wildman–Crippen LogP) is 7.06. The Morgan fingerprint density at radius 3 is 2.28 bits per heavy atom. The highest BCUT2D eigenvalue weighted by atomic mass is 35.5. The minimum absolute atomic E-state index is 0.0114. The van der Waals surface area contributed by atoms with Gasteiger partial charge in [0.1, 0.15) is 12.6 Å². The van der Waals surface area contributed by atoms with E-state index in [0.717, 1.165) is 42.0 Å². The average Bonchev–Trinajstić information content (AvgIpc) is 2.98. The van der Waals surface area contributed by atoms with Crippen LogP contribution in [-0.2, 0) is 26.2 Å². The molecule has 10 heteroatoms. The van der Waals surface area contributed by atoms with Crippen molar-refractivity contribution in [1.29, 1.82) is 0 Å². The van der Waals surface area contributed by atoms with E-state index in [2.05, 4.69) is 5.32 Å². The van der Waals surface area contributed by atoms with Gasteiger partial charge in [-0.25, -0.2) is 8.42 Å². The standard InChI is InChI=1S/C33H39Cl2N3O4S/c1-4-30(33(40)36-27-11-7-5-8-12-27)37(21-25-16-17-26(34)20-29(25)35)32(39)22-38(31-18-15-23(2)19-24(31)3)43(41,42)28-13-9-6-10-14-28/h6,9-10,13-20,27,30H,4-5,7-8,11-12,21-22H2,1-3H3,(H,36,40). The zero-order valence-corrected chi connectivity index (χ0v) is 27.2. The highest BCUT2D eigenvalue weighted by Gasteiger charge is 2.35. The number of nitrogens with zero attached hydrogens (tertiary/aromatic N) is 2. The second-order valence-corrected chi connectivity index (χ2v) is 13.8. The van der Waals surface area contributed by atoms with E-state index in [1.54, 1.807) is 42.5 Å². The highest BCUT2D eigenvalue weighted by Crippen LogP contribution is 2.29. The minimum Gasteiger partial charge on any atom is -0.352 e. The number of rotatable bonds is 11. The van der Waals surface area contributed by atoms with Gasteiger partial charge >= 0.3 is 0 Å². The third-order valence-corrected chi connectivity index (χ3v) is 10.3. The van der Waals surface area contributed by atoms with E-state index in [-0.39, 0.29) is 23.4 Å². The number of hydrogen-bond acceptors (Lipinski definition) is 4. The maximum atomic E-state index is 14.3. The first-order valence-electron chi connectivity index (χ1n) is 14.7. The summed E-state index contributed by atoms with van der Waals surface area (Å²) < 4.78 is 29.2. The number of halogens is 2.